The highest BCUT2D eigenvalue weighted by Crippen LogP contribution is 2.04. The first-order chi connectivity index (χ1) is 5.21. The van der Waals surface area contributed by atoms with Gasteiger partial charge in [0.15, 0.2) is 0 Å². The Morgan fingerprint density at radius 3 is 1.08 bits per heavy atom. The van der Waals surface area contributed by atoms with Crippen LogP contribution >= 0.6 is 0 Å². The molecule has 12 heavy (non-hydrogen) atoms. The van der Waals surface area contributed by atoms with E-state index in [0.29, 0.717) is 0 Å². The Hall–Kier alpha value is -0.160. The van der Waals surface area contributed by atoms with Crippen molar-refractivity contribution < 1.29 is 9.68 Å². The molecule has 0 heterocycles. The summed E-state index contributed by atoms with van der Waals surface area (Å²) in [5.74, 6) is 0. The maximum Gasteiger partial charge on any atom is 0.0830 e. The monoisotopic (exact) mass is 176 g/mol. The van der Waals surface area contributed by atoms with Crippen LogP contribution in [0, 0.1) is 0 Å². The van der Waals surface area contributed by atoms with E-state index >= 15 is 0 Å². The number of rotatable bonds is 3. The number of nitrogens with one attached hydrogen (secondary N) is 2. The zero-order chi connectivity index (χ0) is 9.83. The Balaban J connectivity index is 3.35. The lowest BCUT2D eigenvalue weighted by molar-refractivity contribution is -0.195. The fraction of sp³-hybridized carbons (Fsp3) is 1.00. The minimum absolute atomic E-state index is 0.228. The Morgan fingerprint density at radius 2 is 0.917 bits per heavy atom. The molecule has 0 aliphatic heterocycles. The van der Waals surface area contributed by atoms with E-state index in [1.165, 1.54) is 0 Å². The van der Waals surface area contributed by atoms with E-state index in [4.69, 9.17) is 9.68 Å². The molecule has 4 nitrogen and oxygen atoms in total. The summed E-state index contributed by atoms with van der Waals surface area (Å²) in [4.78, 5) is 10.3. The van der Waals surface area contributed by atoms with Gasteiger partial charge in [0.2, 0.25) is 0 Å². The third kappa shape index (κ3) is 9.84. The molecule has 74 valence electrons. The molecule has 0 atom stereocenters. The topological polar surface area (TPSA) is 42.5 Å². The number of hydrogen-bond donors (Lipinski definition) is 2. The molecule has 0 aliphatic carbocycles. The fourth-order valence-corrected chi connectivity index (χ4v) is 0.348. The van der Waals surface area contributed by atoms with Gasteiger partial charge in [-0.05, 0) is 41.5 Å². The van der Waals surface area contributed by atoms with E-state index in [0.717, 1.165) is 0 Å². The highest BCUT2D eigenvalue weighted by molar-refractivity contribution is 4.56. The van der Waals surface area contributed by atoms with E-state index in [-0.39, 0.29) is 11.2 Å². The van der Waals surface area contributed by atoms with Gasteiger partial charge in [-0.15, -0.1) is 11.2 Å². The molecule has 0 rings (SSSR count). The Bertz CT molecular complexity index is 108. The molecule has 0 aromatic heterocycles. The summed E-state index contributed by atoms with van der Waals surface area (Å²) in [6.45, 7) is 11.7. The normalized spacial score (nSPS) is 13.5. The minimum atomic E-state index is -0.228. The zero-order valence-electron chi connectivity index (χ0n) is 8.82. The lowest BCUT2D eigenvalue weighted by Crippen LogP contribution is -2.42. The van der Waals surface area contributed by atoms with Gasteiger partial charge < -0.3 is 0 Å². The van der Waals surface area contributed by atoms with Crippen molar-refractivity contribution in [3.63, 3.8) is 0 Å². The third-order valence-corrected chi connectivity index (χ3v) is 0.756. The molecule has 0 aliphatic rings. The van der Waals surface area contributed by atoms with Crippen LogP contribution in [0.4, 0.5) is 0 Å². The molecule has 0 spiro atoms. The van der Waals surface area contributed by atoms with Gasteiger partial charge in [-0.1, -0.05) is 0 Å². The van der Waals surface area contributed by atoms with E-state index in [1.807, 2.05) is 41.5 Å². The lowest BCUT2D eigenvalue weighted by Gasteiger charge is -2.23. The molecule has 0 unspecified atom stereocenters. The molecule has 0 amide bonds. The molecule has 0 aromatic carbocycles. The first-order valence-electron chi connectivity index (χ1n) is 4.07. The van der Waals surface area contributed by atoms with E-state index in [9.17, 15) is 0 Å². The van der Waals surface area contributed by atoms with Crippen molar-refractivity contribution in [2.75, 3.05) is 0 Å². The highest BCUT2D eigenvalue weighted by atomic mass is 16.8. The van der Waals surface area contributed by atoms with Gasteiger partial charge in [0.25, 0.3) is 0 Å². The van der Waals surface area contributed by atoms with Crippen molar-refractivity contribution in [3.05, 3.63) is 0 Å². The average Bonchev–Trinajstić information content (AvgIpc) is 1.76. The highest BCUT2D eigenvalue weighted by Gasteiger charge is 2.12. The van der Waals surface area contributed by atoms with Crippen molar-refractivity contribution in [3.8, 4) is 0 Å². The van der Waals surface area contributed by atoms with E-state index in [1.54, 1.807) is 0 Å². The molecule has 0 saturated carbocycles. The van der Waals surface area contributed by atoms with Crippen LogP contribution in [-0.4, -0.2) is 11.2 Å². The smallest absolute Gasteiger partial charge is 0.0830 e. The standard InChI is InChI=1S/C8H20N2O2/c1-7(2,3)11-9-10-12-8(4,5)6/h9-10H,1-6H3. The van der Waals surface area contributed by atoms with Gasteiger partial charge in [-0.2, -0.15) is 0 Å². The van der Waals surface area contributed by atoms with Gasteiger partial charge in [0.1, 0.15) is 0 Å². The second-order valence-electron chi connectivity index (χ2n) is 4.63. The SMILES string of the molecule is CC(C)(C)ONNOC(C)(C)C. The fourth-order valence-electron chi connectivity index (χ4n) is 0.348. The van der Waals surface area contributed by atoms with Crippen LogP contribution in [-0.2, 0) is 9.68 Å². The Morgan fingerprint density at radius 1 is 0.667 bits per heavy atom. The van der Waals surface area contributed by atoms with Gasteiger partial charge in [0, 0.05) is 0 Å². The molecule has 0 aromatic rings. The van der Waals surface area contributed by atoms with Crippen molar-refractivity contribution in [1.82, 2.24) is 11.2 Å². The Kier molecular flexibility index (Phi) is 4.13. The summed E-state index contributed by atoms with van der Waals surface area (Å²) >= 11 is 0. The predicted octanol–water partition coefficient (Wildman–Crippen LogP) is 1.54. The summed E-state index contributed by atoms with van der Waals surface area (Å²) in [6.07, 6.45) is 0. The first-order valence-corrected chi connectivity index (χ1v) is 4.07. The van der Waals surface area contributed by atoms with Crippen molar-refractivity contribution in [2.24, 2.45) is 0 Å². The predicted molar refractivity (Wildman–Crippen MR) is 47.9 cm³/mol. The molecular formula is C8H20N2O2. The average molecular weight is 176 g/mol. The first kappa shape index (κ1) is 11.8. The number of hydrogen-bond acceptors (Lipinski definition) is 4. The molecule has 0 saturated heterocycles. The van der Waals surface area contributed by atoms with Gasteiger partial charge >= 0.3 is 0 Å². The lowest BCUT2D eigenvalue weighted by atomic mass is 10.2. The third-order valence-electron chi connectivity index (χ3n) is 0.756. The molecule has 0 fully saturated rings. The number of hydrazine groups is 1. The summed E-state index contributed by atoms with van der Waals surface area (Å²) in [6, 6.07) is 0. The van der Waals surface area contributed by atoms with Crippen molar-refractivity contribution in [1.29, 1.82) is 0 Å². The minimum Gasteiger partial charge on any atom is -0.279 e. The molecular weight excluding hydrogens is 156 g/mol. The second-order valence-corrected chi connectivity index (χ2v) is 4.63. The van der Waals surface area contributed by atoms with Crippen LogP contribution < -0.4 is 11.2 Å². The maximum atomic E-state index is 5.14. The summed E-state index contributed by atoms with van der Waals surface area (Å²) in [5, 5.41) is 0. The van der Waals surface area contributed by atoms with Crippen molar-refractivity contribution >= 4 is 0 Å². The quantitative estimate of drug-likeness (QED) is 0.505. The zero-order valence-corrected chi connectivity index (χ0v) is 8.82. The van der Waals surface area contributed by atoms with Gasteiger partial charge in [-0.3, -0.25) is 9.68 Å². The van der Waals surface area contributed by atoms with Gasteiger partial charge in [0.05, 0.1) is 11.2 Å². The largest absolute Gasteiger partial charge is 0.279 e. The van der Waals surface area contributed by atoms with E-state index in [2.05, 4.69) is 11.2 Å². The second kappa shape index (κ2) is 4.18. The summed E-state index contributed by atoms with van der Waals surface area (Å²) in [7, 11) is 0. The molecule has 4 heteroatoms. The van der Waals surface area contributed by atoms with E-state index < -0.39 is 0 Å². The van der Waals surface area contributed by atoms with Crippen LogP contribution in [0.2, 0.25) is 0 Å². The molecule has 0 bridgehead atoms. The Labute approximate surface area is 74.5 Å². The molecule has 2 N–H and O–H groups in total. The van der Waals surface area contributed by atoms with Crippen molar-refractivity contribution in [2.45, 2.75) is 52.7 Å². The van der Waals surface area contributed by atoms with Crippen LogP contribution in [0.15, 0.2) is 0 Å². The molecule has 0 radical (unpaired) electrons. The van der Waals surface area contributed by atoms with Crippen LogP contribution in [0.25, 0.3) is 0 Å². The summed E-state index contributed by atoms with van der Waals surface area (Å²) < 4.78 is 0. The summed E-state index contributed by atoms with van der Waals surface area (Å²) in [5.41, 5.74) is 4.56. The van der Waals surface area contributed by atoms with Crippen LogP contribution in [0.5, 0.6) is 0 Å². The van der Waals surface area contributed by atoms with Crippen LogP contribution in [0.3, 0.4) is 0 Å². The van der Waals surface area contributed by atoms with Gasteiger partial charge in [-0.25, -0.2) is 0 Å². The maximum absolute atomic E-state index is 5.14. The van der Waals surface area contributed by atoms with Crippen LogP contribution in [0.1, 0.15) is 41.5 Å².